The molecule has 2 aromatic carbocycles. The molecule has 0 heteroatoms. The molecule has 0 bridgehead atoms. The van der Waals surface area contributed by atoms with E-state index in [0.717, 1.165) is 25.7 Å². The van der Waals surface area contributed by atoms with Crippen LogP contribution in [0.2, 0.25) is 0 Å². The number of hydrogen-bond donors (Lipinski definition) is 0. The molecule has 22 heavy (non-hydrogen) atoms. The molecule has 0 atom stereocenters. The number of rotatable bonds is 3. The minimum absolute atomic E-state index is 1.08. The number of allylic oxidation sites excluding steroid dienone is 4. The van der Waals surface area contributed by atoms with Crippen LogP contribution < -0.4 is 0 Å². The van der Waals surface area contributed by atoms with E-state index in [2.05, 4.69) is 62.4 Å². The van der Waals surface area contributed by atoms with Gasteiger partial charge in [-0.05, 0) is 70.2 Å². The van der Waals surface area contributed by atoms with Crippen molar-refractivity contribution < 1.29 is 0 Å². The van der Waals surface area contributed by atoms with Crippen molar-refractivity contribution in [3.63, 3.8) is 0 Å². The monoisotopic (exact) mass is 286 g/mol. The first-order valence-electron chi connectivity index (χ1n) is 8.45. The molecule has 0 unspecified atom stereocenters. The van der Waals surface area contributed by atoms with Crippen molar-refractivity contribution in [2.24, 2.45) is 0 Å². The molecule has 0 fully saturated rings. The van der Waals surface area contributed by atoms with Crippen molar-refractivity contribution in [1.29, 1.82) is 0 Å². The van der Waals surface area contributed by atoms with Crippen LogP contribution in [0.15, 0.2) is 48.6 Å². The summed E-state index contributed by atoms with van der Waals surface area (Å²) in [5, 5.41) is 0. The highest BCUT2D eigenvalue weighted by Crippen LogP contribution is 2.44. The predicted molar refractivity (Wildman–Crippen MR) is 95.2 cm³/mol. The van der Waals surface area contributed by atoms with Gasteiger partial charge in [0.2, 0.25) is 0 Å². The van der Waals surface area contributed by atoms with Gasteiger partial charge < -0.3 is 0 Å². The molecule has 0 saturated carbocycles. The molecule has 0 nitrogen and oxygen atoms in total. The van der Waals surface area contributed by atoms with Crippen LogP contribution in [0, 0.1) is 0 Å². The third-order valence-electron chi connectivity index (χ3n) is 5.13. The Morgan fingerprint density at radius 1 is 0.909 bits per heavy atom. The summed E-state index contributed by atoms with van der Waals surface area (Å²) >= 11 is 0. The van der Waals surface area contributed by atoms with Crippen LogP contribution in [0.5, 0.6) is 0 Å². The van der Waals surface area contributed by atoms with Crippen LogP contribution in [0.25, 0.3) is 16.7 Å². The molecule has 0 amide bonds. The van der Waals surface area contributed by atoms with Gasteiger partial charge in [-0.3, -0.25) is 0 Å². The van der Waals surface area contributed by atoms with Crippen molar-refractivity contribution in [2.75, 3.05) is 0 Å². The zero-order valence-electron chi connectivity index (χ0n) is 13.4. The van der Waals surface area contributed by atoms with Crippen molar-refractivity contribution in [2.45, 2.75) is 39.5 Å². The van der Waals surface area contributed by atoms with Crippen molar-refractivity contribution >= 4 is 5.57 Å². The van der Waals surface area contributed by atoms with Crippen LogP contribution in [0.1, 0.15) is 48.1 Å². The molecule has 0 heterocycles. The summed E-state index contributed by atoms with van der Waals surface area (Å²) in [5.41, 5.74) is 12.1. The highest BCUT2D eigenvalue weighted by molar-refractivity contribution is 5.87. The SMILES string of the molecule is CCc1ccc2c(c1C1=CC=CC1)Cc1cccc(CC)c1-2. The van der Waals surface area contributed by atoms with Gasteiger partial charge in [0.05, 0.1) is 0 Å². The summed E-state index contributed by atoms with van der Waals surface area (Å²) in [5.74, 6) is 0. The molecule has 4 rings (SSSR count). The summed E-state index contributed by atoms with van der Waals surface area (Å²) in [7, 11) is 0. The maximum Gasteiger partial charge on any atom is -0.000719 e. The molecule has 2 aliphatic rings. The van der Waals surface area contributed by atoms with Gasteiger partial charge in [-0.1, -0.05) is 62.4 Å². The Bertz CT molecular complexity index is 803. The highest BCUT2D eigenvalue weighted by Gasteiger charge is 2.25. The van der Waals surface area contributed by atoms with E-state index in [9.17, 15) is 0 Å². The molecule has 2 aromatic rings. The van der Waals surface area contributed by atoms with Crippen molar-refractivity contribution in [3.05, 3.63) is 76.4 Å². The fourth-order valence-corrected chi connectivity index (χ4v) is 4.07. The molecule has 0 saturated heterocycles. The Labute approximate surface area is 133 Å². The average Bonchev–Trinajstić information content (AvgIpc) is 3.20. The lowest BCUT2D eigenvalue weighted by Gasteiger charge is -2.15. The molecule has 0 N–H and O–H groups in total. The second-order valence-electron chi connectivity index (χ2n) is 6.29. The zero-order valence-corrected chi connectivity index (χ0v) is 13.4. The summed E-state index contributed by atoms with van der Waals surface area (Å²) in [6.07, 6.45) is 11.2. The Kier molecular flexibility index (Phi) is 3.26. The van der Waals surface area contributed by atoms with Crippen LogP contribution >= 0.6 is 0 Å². The fraction of sp³-hybridized carbons (Fsp3) is 0.273. The second kappa shape index (κ2) is 5.28. The average molecular weight is 286 g/mol. The first-order chi connectivity index (χ1) is 10.8. The van der Waals surface area contributed by atoms with Gasteiger partial charge in [0.25, 0.3) is 0 Å². The topological polar surface area (TPSA) is 0 Å². The van der Waals surface area contributed by atoms with E-state index < -0.39 is 0 Å². The summed E-state index contributed by atoms with van der Waals surface area (Å²) in [6.45, 7) is 4.53. The summed E-state index contributed by atoms with van der Waals surface area (Å²) in [4.78, 5) is 0. The predicted octanol–water partition coefficient (Wildman–Crippen LogP) is 5.73. The minimum Gasteiger partial charge on any atom is -0.0801 e. The molecule has 0 radical (unpaired) electrons. The number of benzene rings is 2. The Morgan fingerprint density at radius 2 is 1.73 bits per heavy atom. The Hall–Kier alpha value is -2.08. The van der Waals surface area contributed by atoms with E-state index in [1.807, 2.05) is 0 Å². The quantitative estimate of drug-likeness (QED) is 0.577. The van der Waals surface area contributed by atoms with Crippen LogP contribution in [0.4, 0.5) is 0 Å². The van der Waals surface area contributed by atoms with Gasteiger partial charge in [-0.25, -0.2) is 0 Å². The first kappa shape index (κ1) is 13.6. The van der Waals surface area contributed by atoms with Crippen LogP contribution in [-0.4, -0.2) is 0 Å². The summed E-state index contributed by atoms with van der Waals surface area (Å²) < 4.78 is 0. The Balaban J connectivity index is 1.96. The van der Waals surface area contributed by atoms with Crippen molar-refractivity contribution in [1.82, 2.24) is 0 Å². The fourth-order valence-electron chi connectivity index (χ4n) is 4.07. The first-order valence-corrected chi connectivity index (χ1v) is 8.45. The Morgan fingerprint density at radius 3 is 2.45 bits per heavy atom. The zero-order chi connectivity index (χ0) is 15.1. The third-order valence-corrected chi connectivity index (χ3v) is 5.13. The molecule has 0 spiro atoms. The van der Waals surface area contributed by atoms with E-state index in [4.69, 9.17) is 0 Å². The van der Waals surface area contributed by atoms with E-state index >= 15 is 0 Å². The van der Waals surface area contributed by atoms with E-state index in [0.29, 0.717) is 0 Å². The normalized spacial score (nSPS) is 14.9. The van der Waals surface area contributed by atoms with Crippen LogP contribution in [-0.2, 0) is 19.3 Å². The lowest BCUT2D eigenvalue weighted by molar-refractivity contribution is 1.10. The van der Waals surface area contributed by atoms with Crippen LogP contribution in [0.3, 0.4) is 0 Å². The van der Waals surface area contributed by atoms with E-state index in [1.54, 1.807) is 5.56 Å². The number of aryl methyl sites for hydroxylation is 2. The van der Waals surface area contributed by atoms with Crippen molar-refractivity contribution in [3.8, 4) is 11.1 Å². The van der Waals surface area contributed by atoms with Gasteiger partial charge in [-0.2, -0.15) is 0 Å². The molecule has 0 aliphatic heterocycles. The molecular formula is C22H22. The summed E-state index contributed by atoms with van der Waals surface area (Å²) in [6, 6.07) is 11.5. The van der Waals surface area contributed by atoms with Gasteiger partial charge in [0.1, 0.15) is 0 Å². The molecular weight excluding hydrogens is 264 g/mol. The van der Waals surface area contributed by atoms with Gasteiger partial charge >= 0.3 is 0 Å². The van der Waals surface area contributed by atoms with Gasteiger partial charge in [-0.15, -0.1) is 0 Å². The number of hydrogen-bond acceptors (Lipinski definition) is 0. The largest absolute Gasteiger partial charge is 0.0801 e. The molecule has 110 valence electrons. The third kappa shape index (κ3) is 1.90. The lowest BCUT2D eigenvalue weighted by atomic mass is 9.89. The molecule has 2 aliphatic carbocycles. The smallest absolute Gasteiger partial charge is 0.000719 e. The van der Waals surface area contributed by atoms with Gasteiger partial charge in [0.15, 0.2) is 0 Å². The van der Waals surface area contributed by atoms with E-state index in [1.165, 1.54) is 39.0 Å². The standard InChI is InChI=1S/C22H22/c1-3-15-10-7-11-18-14-20-19(22(15)18)13-12-16(4-2)21(20)17-8-5-6-9-17/h5-8,10-13H,3-4,9,14H2,1-2H3. The minimum atomic E-state index is 1.08. The maximum atomic E-state index is 2.37. The molecule has 0 aromatic heterocycles. The second-order valence-corrected chi connectivity index (χ2v) is 6.29. The van der Waals surface area contributed by atoms with E-state index in [-0.39, 0.29) is 0 Å². The number of fused-ring (bicyclic) bond motifs is 3. The lowest BCUT2D eigenvalue weighted by Crippen LogP contribution is -1.98. The highest BCUT2D eigenvalue weighted by atomic mass is 14.3. The van der Waals surface area contributed by atoms with Gasteiger partial charge in [0, 0.05) is 0 Å². The maximum absolute atomic E-state index is 2.37.